The topological polar surface area (TPSA) is 20.2 Å². The van der Waals surface area contributed by atoms with Crippen molar-refractivity contribution in [2.45, 2.75) is 60.3 Å². The molecule has 0 heterocycles. The first-order valence-electron chi connectivity index (χ1n) is 8.37. The van der Waals surface area contributed by atoms with Gasteiger partial charge in [0.2, 0.25) is 0 Å². The molecule has 1 heteroatoms. The first-order chi connectivity index (χ1) is 10.4. The fourth-order valence-corrected chi connectivity index (χ4v) is 2.99. The lowest BCUT2D eigenvalue weighted by molar-refractivity contribution is 0.302. The van der Waals surface area contributed by atoms with Crippen LogP contribution < -0.4 is 0 Å². The molecule has 0 saturated carbocycles. The Bertz CT molecular complexity index is 510. The van der Waals surface area contributed by atoms with Gasteiger partial charge in [0, 0.05) is 6.61 Å². The summed E-state index contributed by atoms with van der Waals surface area (Å²) in [6, 6.07) is 0. The van der Waals surface area contributed by atoms with Crippen LogP contribution in [0.25, 0.3) is 0 Å². The molecule has 0 aromatic rings. The van der Waals surface area contributed by atoms with Crippen molar-refractivity contribution in [1.82, 2.24) is 0 Å². The molecule has 122 valence electrons. The molecule has 1 rings (SSSR count). The molecule has 1 N–H and O–H groups in total. The van der Waals surface area contributed by atoms with Crippen LogP contribution in [0.3, 0.4) is 0 Å². The van der Waals surface area contributed by atoms with Gasteiger partial charge in [0.25, 0.3) is 0 Å². The molecular weight excluding hydrogens is 268 g/mol. The second kappa shape index (κ2) is 8.95. The fourth-order valence-electron chi connectivity index (χ4n) is 2.99. The van der Waals surface area contributed by atoms with E-state index in [1.165, 1.54) is 36.0 Å². The molecular formula is C21H32O. The average molecular weight is 300 g/mol. The number of rotatable bonds is 6. The monoisotopic (exact) mass is 300 g/mol. The van der Waals surface area contributed by atoms with Gasteiger partial charge < -0.3 is 5.11 Å². The Kier molecular flexibility index (Phi) is 7.61. The summed E-state index contributed by atoms with van der Waals surface area (Å²) in [4.78, 5) is 0. The van der Waals surface area contributed by atoms with Gasteiger partial charge in [-0.05, 0) is 57.4 Å². The SMILES string of the molecule is CC(C=CC1=C(C)CCCC1(C)C)=CC=CC(C)=CCCO. The van der Waals surface area contributed by atoms with Crippen molar-refractivity contribution in [1.29, 1.82) is 0 Å². The zero-order valence-corrected chi connectivity index (χ0v) is 14.9. The van der Waals surface area contributed by atoms with Gasteiger partial charge in [0.15, 0.2) is 0 Å². The second-order valence-corrected chi connectivity index (χ2v) is 6.99. The normalized spacial score (nSPS) is 20.5. The molecule has 1 aliphatic carbocycles. The number of aliphatic hydroxyl groups excluding tert-OH is 1. The van der Waals surface area contributed by atoms with E-state index in [4.69, 9.17) is 5.11 Å². The highest BCUT2D eigenvalue weighted by Crippen LogP contribution is 2.40. The molecule has 22 heavy (non-hydrogen) atoms. The third-order valence-corrected chi connectivity index (χ3v) is 4.37. The zero-order valence-electron chi connectivity index (χ0n) is 14.9. The summed E-state index contributed by atoms with van der Waals surface area (Å²) < 4.78 is 0. The standard InChI is InChI=1S/C21H32O/c1-17(11-8-16-22)9-6-10-18(2)13-14-20-19(3)12-7-15-21(20,4)5/h6,9-11,13-14,22H,7-8,12,15-16H2,1-5H3. The van der Waals surface area contributed by atoms with Crippen molar-refractivity contribution in [2.75, 3.05) is 6.61 Å². The van der Waals surface area contributed by atoms with Crippen molar-refractivity contribution < 1.29 is 5.11 Å². The molecule has 0 spiro atoms. The van der Waals surface area contributed by atoms with E-state index in [2.05, 4.69) is 65.0 Å². The molecule has 0 atom stereocenters. The van der Waals surface area contributed by atoms with Crippen LogP contribution in [0.15, 0.2) is 58.7 Å². The Labute approximate surface area is 136 Å². The van der Waals surface area contributed by atoms with E-state index in [-0.39, 0.29) is 6.61 Å². The Morgan fingerprint density at radius 1 is 1.18 bits per heavy atom. The zero-order chi connectivity index (χ0) is 16.6. The second-order valence-electron chi connectivity index (χ2n) is 6.99. The molecule has 0 saturated heterocycles. The number of aliphatic hydroxyl groups is 1. The summed E-state index contributed by atoms with van der Waals surface area (Å²) in [6.45, 7) is 11.4. The number of hydrogen-bond acceptors (Lipinski definition) is 1. The van der Waals surface area contributed by atoms with E-state index >= 15 is 0 Å². The van der Waals surface area contributed by atoms with Crippen molar-refractivity contribution in [3.8, 4) is 0 Å². The van der Waals surface area contributed by atoms with Crippen molar-refractivity contribution in [3.05, 3.63) is 58.7 Å². The van der Waals surface area contributed by atoms with Gasteiger partial charge in [0.05, 0.1) is 0 Å². The quantitative estimate of drug-likeness (QED) is 0.605. The Morgan fingerprint density at radius 3 is 2.55 bits per heavy atom. The van der Waals surface area contributed by atoms with Gasteiger partial charge in [-0.3, -0.25) is 0 Å². The van der Waals surface area contributed by atoms with Crippen LogP contribution in [0.1, 0.15) is 60.3 Å². The lowest BCUT2D eigenvalue weighted by atomic mass is 9.72. The van der Waals surface area contributed by atoms with Crippen LogP contribution in [-0.2, 0) is 0 Å². The van der Waals surface area contributed by atoms with Gasteiger partial charge in [-0.25, -0.2) is 0 Å². The van der Waals surface area contributed by atoms with Crippen molar-refractivity contribution in [3.63, 3.8) is 0 Å². The number of allylic oxidation sites excluding steroid dienone is 9. The van der Waals surface area contributed by atoms with E-state index in [1.54, 1.807) is 5.57 Å². The Balaban J connectivity index is 2.73. The maximum absolute atomic E-state index is 8.79. The highest BCUT2D eigenvalue weighted by Gasteiger charge is 2.26. The smallest absolute Gasteiger partial charge is 0.0465 e. The number of hydrogen-bond donors (Lipinski definition) is 1. The fraction of sp³-hybridized carbons (Fsp3) is 0.524. The van der Waals surface area contributed by atoms with Gasteiger partial charge in [0.1, 0.15) is 0 Å². The molecule has 0 aliphatic heterocycles. The maximum Gasteiger partial charge on any atom is 0.0465 e. The van der Waals surface area contributed by atoms with Crippen LogP contribution in [0.5, 0.6) is 0 Å². The first-order valence-corrected chi connectivity index (χ1v) is 8.37. The van der Waals surface area contributed by atoms with E-state index in [1.807, 2.05) is 6.08 Å². The van der Waals surface area contributed by atoms with E-state index in [0.717, 1.165) is 6.42 Å². The van der Waals surface area contributed by atoms with Crippen molar-refractivity contribution in [2.24, 2.45) is 5.41 Å². The van der Waals surface area contributed by atoms with Crippen LogP contribution in [0.4, 0.5) is 0 Å². The van der Waals surface area contributed by atoms with Crippen LogP contribution in [0, 0.1) is 5.41 Å². The maximum atomic E-state index is 8.79. The molecule has 0 radical (unpaired) electrons. The molecule has 0 aromatic heterocycles. The molecule has 0 bridgehead atoms. The summed E-state index contributed by atoms with van der Waals surface area (Å²) in [5.41, 5.74) is 5.80. The van der Waals surface area contributed by atoms with Gasteiger partial charge in [-0.2, -0.15) is 0 Å². The molecule has 0 aromatic carbocycles. The van der Waals surface area contributed by atoms with Crippen LogP contribution in [-0.4, -0.2) is 11.7 Å². The Hall–Kier alpha value is -1.34. The predicted octanol–water partition coefficient (Wildman–Crippen LogP) is 5.90. The third kappa shape index (κ3) is 6.19. The van der Waals surface area contributed by atoms with Crippen molar-refractivity contribution >= 4 is 0 Å². The van der Waals surface area contributed by atoms with E-state index < -0.39 is 0 Å². The van der Waals surface area contributed by atoms with E-state index in [0.29, 0.717) is 5.41 Å². The minimum absolute atomic E-state index is 0.215. The minimum Gasteiger partial charge on any atom is -0.396 e. The van der Waals surface area contributed by atoms with E-state index in [9.17, 15) is 0 Å². The highest BCUT2D eigenvalue weighted by atomic mass is 16.2. The highest BCUT2D eigenvalue weighted by molar-refractivity contribution is 5.37. The average Bonchev–Trinajstić information content (AvgIpc) is 2.43. The first kappa shape index (κ1) is 18.7. The summed E-state index contributed by atoms with van der Waals surface area (Å²) in [5, 5.41) is 8.79. The molecule has 1 aliphatic rings. The summed E-state index contributed by atoms with van der Waals surface area (Å²) in [6.07, 6.45) is 17.4. The Morgan fingerprint density at radius 2 is 1.91 bits per heavy atom. The molecule has 0 unspecified atom stereocenters. The van der Waals surface area contributed by atoms with Gasteiger partial charge in [-0.1, -0.05) is 67.0 Å². The summed E-state index contributed by atoms with van der Waals surface area (Å²) in [5.74, 6) is 0. The summed E-state index contributed by atoms with van der Waals surface area (Å²) in [7, 11) is 0. The van der Waals surface area contributed by atoms with Gasteiger partial charge in [-0.15, -0.1) is 0 Å². The lowest BCUT2D eigenvalue weighted by Gasteiger charge is -2.32. The summed E-state index contributed by atoms with van der Waals surface area (Å²) >= 11 is 0. The lowest BCUT2D eigenvalue weighted by Crippen LogP contribution is -2.19. The molecule has 0 fully saturated rings. The van der Waals surface area contributed by atoms with Crippen LogP contribution in [0.2, 0.25) is 0 Å². The minimum atomic E-state index is 0.215. The predicted molar refractivity (Wildman–Crippen MR) is 97.8 cm³/mol. The molecule has 1 nitrogen and oxygen atoms in total. The largest absolute Gasteiger partial charge is 0.396 e. The van der Waals surface area contributed by atoms with Crippen LogP contribution >= 0.6 is 0 Å². The third-order valence-electron chi connectivity index (χ3n) is 4.37. The van der Waals surface area contributed by atoms with Gasteiger partial charge >= 0.3 is 0 Å². The molecule has 0 amide bonds.